The third-order valence-corrected chi connectivity index (χ3v) is 2.63. The minimum atomic E-state index is 0.0224. The van der Waals surface area contributed by atoms with Gasteiger partial charge in [0.25, 0.3) is 5.56 Å². The number of benzene rings is 1. The van der Waals surface area contributed by atoms with Crippen LogP contribution < -0.4 is 5.56 Å². The Morgan fingerprint density at radius 2 is 2.00 bits per heavy atom. The van der Waals surface area contributed by atoms with Crippen LogP contribution in [0.25, 0.3) is 16.8 Å². The molecule has 1 aromatic carbocycles. The van der Waals surface area contributed by atoms with E-state index < -0.39 is 0 Å². The molecular formula is C14H15NO2. The predicted octanol–water partition coefficient (Wildman–Crippen LogP) is 2.55. The standard InChI is InChI=1S/C14H15NO2/c1-3-17-9-8-11-10-15(2)14(16)13-7-5-4-6-12(11)13/h4-10H,3H2,1-2H3/b9-8+. The van der Waals surface area contributed by atoms with Crippen LogP contribution in [0.2, 0.25) is 0 Å². The van der Waals surface area contributed by atoms with Crippen LogP contribution in [0.15, 0.2) is 41.5 Å². The fourth-order valence-electron chi connectivity index (χ4n) is 1.80. The molecule has 0 aliphatic rings. The lowest BCUT2D eigenvalue weighted by atomic mass is 10.1. The van der Waals surface area contributed by atoms with Gasteiger partial charge in [0.05, 0.1) is 12.9 Å². The Bertz CT molecular complexity index is 611. The molecule has 0 saturated heterocycles. The molecule has 0 fully saturated rings. The van der Waals surface area contributed by atoms with E-state index in [0.29, 0.717) is 6.61 Å². The van der Waals surface area contributed by atoms with Crippen molar-refractivity contribution in [3.05, 3.63) is 52.6 Å². The molecule has 0 bridgehead atoms. The maximum Gasteiger partial charge on any atom is 0.258 e. The van der Waals surface area contributed by atoms with Crippen LogP contribution in [-0.2, 0) is 11.8 Å². The number of nitrogens with zero attached hydrogens (tertiary/aromatic N) is 1. The number of pyridine rings is 1. The van der Waals surface area contributed by atoms with E-state index in [9.17, 15) is 4.79 Å². The average molecular weight is 229 g/mol. The fraction of sp³-hybridized carbons (Fsp3) is 0.214. The first-order valence-electron chi connectivity index (χ1n) is 5.60. The molecular weight excluding hydrogens is 214 g/mol. The molecule has 1 aromatic heterocycles. The number of hydrogen-bond donors (Lipinski definition) is 0. The topological polar surface area (TPSA) is 31.2 Å². The molecule has 2 aromatic rings. The van der Waals surface area contributed by atoms with Gasteiger partial charge >= 0.3 is 0 Å². The average Bonchev–Trinajstić information content (AvgIpc) is 2.36. The summed E-state index contributed by atoms with van der Waals surface area (Å²) in [5.74, 6) is 0. The molecule has 0 N–H and O–H groups in total. The van der Waals surface area contributed by atoms with Crippen molar-refractivity contribution in [3.8, 4) is 0 Å². The van der Waals surface area contributed by atoms with Crippen LogP contribution in [0.5, 0.6) is 0 Å². The molecule has 0 amide bonds. The van der Waals surface area contributed by atoms with E-state index in [-0.39, 0.29) is 5.56 Å². The largest absolute Gasteiger partial charge is 0.501 e. The van der Waals surface area contributed by atoms with Gasteiger partial charge in [0, 0.05) is 24.2 Å². The van der Waals surface area contributed by atoms with Crippen molar-refractivity contribution in [3.63, 3.8) is 0 Å². The molecule has 17 heavy (non-hydrogen) atoms. The van der Waals surface area contributed by atoms with Crippen LogP contribution in [0, 0.1) is 0 Å². The summed E-state index contributed by atoms with van der Waals surface area (Å²) in [6.45, 7) is 2.57. The van der Waals surface area contributed by atoms with Crippen LogP contribution >= 0.6 is 0 Å². The third-order valence-electron chi connectivity index (χ3n) is 2.63. The van der Waals surface area contributed by atoms with Gasteiger partial charge in [0.15, 0.2) is 0 Å². The normalized spacial score (nSPS) is 11.2. The van der Waals surface area contributed by atoms with Crippen LogP contribution in [-0.4, -0.2) is 11.2 Å². The van der Waals surface area contributed by atoms with Crippen molar-refractivity contribution in [2.24, 2.45) is 7.05 Å². The van der Waals surface area contributed by atoms with E-state index in [0.717, 1.165) is 16.3 Å². The summed E-state index contributed by atoms with van der Waals surface area (Å²) in [5.41, 5.74) is 1.00. The highest BCUT2D eigenvalue weighted by molar-refractivity contribution is 5.89. The maximum absolute atomic E-state index is 11.9. The van der Waals surface area contributed by atoms with Gasteiger partial charge in [-0.05, 0) is 24.5 Å². The quantitative estimate of drug-likeness (QED) is 0.757. The SMILES string of the molecule is CCO/C=C/c1cn(C)c(=O)c2ccccc12. The summed E-state index contributed by atoms with van der Waals surface area (Å²) < 4.78 is 6.78. The van der Waals surface area contributed by atoms with Crippen molar-refractivity contribution in [2.75, 3.05) is 6.61 Å². The molecule has 88 valence electrons. The summed E-state index contributed by atoms with van der Waals surface area (Å²) in [6.07, 6.45) is 5.36. The molecule has 3 nitrogen and oxygen atoms in total. The first-order chi connectivity index (χ1) is 8.24. The van der Waals surface area contributed by atoms with E-state index >= 15 is 0 Å². The van der Waals surface area contributed by atoms with E-state index in [4.69, 9.17) is 4.74 Å². The summed E-state index contributed by atoms with van der Waals surface area (Å²) >= 11 is 0. The predicted molar refractivity (Wildman–Crippen MR) is 69.8 cm³/mol. The molecule has 1 heterocycles. The van der Waals surface area contributed by atoms with Gasteiger partial charge in [0.2, 0.25) is 0 Å². The molecule has 0 saturated carbocycles. The van der Waals surface area contributed by atoms with Crippen molar-refractivity contribution >= 4 is 16.8 Å². The zero-order valence-electron chi connectivity index (χ0n) is 10.0. The minimum absolute atomic E-state index is 0.0224. The fourth-order valence-corrected chi connectivity index (χ4v) is 1.80. The van der Waals surface area contributed by atoms with Gasteiger partial charge in [-0.2, -0.15) is 0 Å². The van der Waals surface area contributed by atoms with Gasteiger partial charge in [-0.15, -0.1) is 0 Å². The Hall–Kier alpha value is -2.03. The molecule has 0 aliphatic heterocycles. The van der Waals surface area contributed by atoms with Crippen LogP contribution in [0.1, 0.15) is 12.5 Å². The monoisotopic (exact) mass is 229 g/mol. The smallest absolute Gasteiger partial charge is 0.258 e. The second-order valence-corrected chi connectivity index (χ2v) is 3.80. The lowest BCUT2D eigenvalue weighted by Crippen LogP contribution is -2.16. The molecule has 3 heteroatoms. The van der Waals surface area contributed by atoms with Gasteiger partial charge in [0.1, 0.15) is 0 Å². The Kier molecular flexibility index (Phi) is 3.28. The van der Waals surface area contributed by atoms with E-state index in [1.165, 1.54) is 0 Å². The lowest BCUT2D eigenvalue weighted by molar-refractivity contribution is 0.272. The van der Waals surface area contributed by atoms with Crippen molar-refractivity contribution in [2.45, 2.75) is 6.92 Å². The van der Waals surface area contributed by atoms with E-state index in [2.05, 4.69) is 0 Å². The number of ether oxygens (including phenoxy) is 1. The molecule has 2 rings (SSSR count). The number of fused-ring (bicyclic) bond motifs is 1. The third kappa shape index (κ3) is 2.23. The zero-order chi connectivity index (χ0) is 12.3. The van der Waals surface area contributed by atoms with Crippen molar-refractivity contribution in [1.82, 2.24) is 4.57 Å². The first-order valence-corrected chi connectivity index (χ1v) is 5.60. The number of aromatic nitrogens is 1. The Labute approximate surface area is 100.0 Å². The second-order valence-electron chi connectivity index (χ2n) is 3.80. The number of rotatable bonds is 3. The highest BCUT2D eigenvalue weighted by Gasteiger charge is 2.03. The van der Waals surface area contributed by atoms with Gasteiger partial charge in [-0.1, -0.05) is 18.2 Å². The van der Waals surface area contributed by atoms with Crippen LogP contribution in [0.3, 0.4) is 0 Å². The van der Waals surface area contributed by atoms with E-state index in [1.807, 2.05) is 43.5 Å². The Morgan fingerprint density at radius 3 is 2.71 bits per heavy atom. The summed E-state index contributed by atoms with van der Waals surface area (Å²) in [7, 11) is 1.76. The number of aryl methyl sites for hydroxylation is 1. The summed E-state index contributed by atoms with van der Waals surface area (Å²) in [6, 6.07) is 7.59. The van der Waals surface area contributed by atoms with Gasteiger partial charge < -0.3 is 9.30 Å². The van der Waals surface area contributed by atoms with Crippen molar-refractivity contribution < 1.29 is 4.74 Å². The van der Waals surface area contributed by atoms with Gasteiger partial charge in [-0.3, -0.25) is 4.79 Å². The van der Waals surface area contributed by atoms with Crippen molar-refractivity contribution in [1.29, 1.82) is 0 Å². The second kappa shape index (κ2) is 4.87. The minimum Gasteiger partial charge on any atom is -0.501 e. The molecule has 0 aliphatic carbocycles. The molecule has 0 atom stereocenters. The summed E-state index contributed by atoms with van der Waals surface area (Å²) in [5, 5.41) is 1.68. The highest BCUT2D eigenvalue weighted by Crippen LogP contribution is 2.16. The molecule has 0 unspecified atom stereocenters. The Morgan fingerprint density at radius 1 is 1.29 bits per heavy atom. The zero-order valence-corrected chi connectivity index (χ0v) is 10.0. The molecule has 0 spiro atoms. The van der Waals surface area contributed by atoms with E-state index in [1.54, 1.807) is 17.9 Å². The Balaban J connectivity index is 2.63. The van der Waals surface area contributed by atoms with Gasteiger partial charge in [-0.25, -0.2) is 0 Å². The number of hydrogen-bond acceptors (Lipinski definition) is 2. The van der Waals surface area contributed by atoms with Crippen LogP contribution in [0.4, 0.5) is 0 Å². The highest BCUT2D eigenvalue weighted by atomic mass is 16.5. The first kappa shape index (κ1) is 11.5. The lowest BCUT2D eigenvalue weighted by Gasteiger charge is -2.05. The molecule has 0 radical (unpaired) electrons. The maximum atomic E-state index is 11.9. The summed E-state index contributed by atoms with van der Waals surface area (Å²) in [4.78, 5) is 11.9.